The average Bonchev–Trinajstić information content (AvgIpc) is 2.78. The highest BCUT2D eigenvalue weighted by Gasteiger charge is 2.52. The number of hydrogen-bond donors (Lipinski definition) is 0. The first kappa shape index (κ1) is 18.9. The van der Waals surface area contributed by atoms with E-state index >= 15 is 0 Å². The van der Waals surface area contributed by atoms with Gasteiger partial charge in [0.25, 0.3) is 0 Å². The lowest BCUT2D eigenvalue weighted by Crippen LogP contribution is -2.40. The number of carbonyl (C=O) groups is 1. The van der Waals surface area contributed by atoms with Crippen LogP contribution in [0.4, 0.5) is 0 Å². The summed E-state index contributed by atoms with van der Waals surface area (Å²) in [5.41, 5.74) is 1.10. The first-order chi connectivity index (χ1) is 11.0. The summed E-state index contributed by atoms with van der Waals surface area (Å²) in [5.74, 6) is 0.276. The van der Waals surface area contributed by atoms with Gasteiger partial charge in [0.05, 0.1) is 0 Å². The summed E-state index contributed by atoms with van der Waals surface area (Å²) in [7, 11) is 0. The normalized spacial score (nSPS) is 25.8. The molecule has 2 nitrogen and oxygen atoms in total. The van der Waals surface area contributed by atoms with Crippen molar-refractivity contribution in [2.24, 2.45) is 5.92 Å². The van der Waals surface area contributed by atoms with E-state index in [0.717, 1.165) is 24.8 Å². The SMILES string of the molecule is CCCCC(Cl)C[C@@]1(Cl)C(=O)N(Cc2ccccc2)C[C@@H]1CCl. The molecule has 1 unspecified atom stereocenters. The molecule has 2 rings (SSSR count). The molecule has 1 aromatic rings. The van der Waals surface area contributed by atoms with E-state index in [2.05, 4.69) is 6.92 Å². The number of unbranched alkanes of at least 4 members (excludes halogenated alkanes) is 1. The molecule has 1 aliphatic rings. The van der Waals surface area contributed by atoms with Crippen LogP contribution in [0.3, 0.4) is 0 Å². The third kappa shape index (κ3) is 4.55. The monoisotopic (exact) mass is 375 g/mol. The molecule has 3 atom stereocenters. The number of amides is 1. The van der Waals surface area contributed by atoms with Gasteiger partial charge in [0.2, 0.25) is 5.91 Å². The van der Waals surface area contributed by atoms with Gasteiger partial charge in [0.1, 0.15) is 4.87 Å². The van der Waals surface area contributed by atoms with Gasteiger partial charge in [-0.05, 0) is 18.4 Å². The Balaban J connectivity index is 2.08. The van der Waals surface area contributed by atoms with Crippen LogP contribution in [0.1, 0.15) is 38.2 Å². The molecule has 23 heavy (non-hydrogen) atoms. The quantitative estimate of drug-likeness (QED) is 0.581. The molecule has 0 spiro atoms. The van der Waals surface area contributed by atoms with Crippen LogP contribution in [0.25, 0.3) is 0 Å². The lowest BCUT2D eigenvalue weighted by atomic mass is 9.90. The summed E-state index contributed by atoms with van der Waals surface area (Å²) in [6.45, 7) is 3.30. The molecule has 0 aromatic heterocycles. The lowest BCUT2D eigenvalue weighted by molar-refractivity contribution is -0.130. The number of hydrogen-bond acceptors (Lipinski definition) is 1. The van der Waals surface area contributed by atoms with Crippen molar-refractivity contribution in [2.45, 2.75) is 49.4 Å². The molecule has 1 heterocycles. The topological polar surface area (TPSA) is 20.3 Å². The molecule has 0 radical (unpaired) electrons. The number of likely N-dealkylation sites (tertiary alicyclic amines) is 1. The van der Waals surface area contributed by atoms with Crippen molar-refractivity contribution >= 4 is 40.7 Å². The van der Waals surface area contributed by atoms with E-state index in [1.54, 1.807) is 0 Å². The highest BCUT2D eigenvalue weighted by molar-refractivity contribution is 6.37. The minimum Gasteiger partial charge on any atom is -0.336 e. The number of benzene rings is 1. The number of nitrogens with zero attached hydrogens (tertiary/aromatic N) is 1. The number of alkyl halides is 3. The highest BCUT2D eigenvalue weighted by atomic mass is 35.5. The Morgan fingerprint density at radius 3 is 2.65 bits per heavy atom. The molecular weight excluding hydrogens is 353 g/mol. The molecule has 128 valence electrons. The number of carbonyl (C=O) groups excluding carboxylic acids is 1. The molecular formula is C18H24Cl3NO. The fraction of sp³-hybridized carbons (Fsp3) is 0.611. The zero-order valence-corrected chi connectivity index (χ0v) is 15.7. The number of halogens is 3. The van der Waals surface area contributed by atoms with Crippen molar-refractivity contribution in [3.05, 3.63) is 35.9 Å². The van der Waals surface area contributed by atoms with E-state index in [-0.39, 0.29) is 17.2 Å². The number of rotatable bonds is 8. The summed E-state index contributed by atoms with van der Waals surface area (Å²) in [6, 6.07) is 9.95. The van der Waals surface area contributed by atoms with Crippen molar-refractivity contribution in [2.75, 3.05) is 12.4 Å². The highest BCUT2D eigenvalue weighted by Crippen LogP contribution is 2.42. The van der Waals surface area contributed by atoms with Gasteiger partial charge in [-0.1, -0.05) is 50.1 Å². The molecule has 0 N–H and O–H groups in total. The second kappa shape index (κ2) is 8.60. The fourth-order valence-electron chi connectivity index (χ4n) is 3.15. The smallest absolute Gasteiger partial charge is 0.244 e. The van der Waals surface area contributed by atoms with E-state index in [0.29, 0.717) is 25.4 Å². The van der Waals surface area contributed by atoms with Crippen LogP contribution in [0.15, 0.2) is 30.3 Å². The second-order valence-corrected chi connectivity index (χ2v) is 7.93. The van der Waals surface area contributed by atoms with E-state index in [1.807, 2.05) is 35.2 Å². The van der Waals surface area contributed by atoms with E-state index in [9.17, 15) is 4.79 Å². The zero-order valence-electron chi connectivity index (χ0n) is 13.5. The van der Waals surface area contributed by atoms with Gasteiger partial charge in [-0.25, -0.2) is 0 Å². The van der Waals surface area contributed by atoms with Crippen LogP contribution in [-0.2, 0) is 11.3 Å². The summed E-state index contributed by atoms with van der Waals surface area (Å²) in [4.78, 5) is 13.7. The summed E-state index contributed by atoms with van der Waals surface area (Å²) >= 11 is 19.3. The molecule has 0 aliphatic carbocycles. The molecule has 1 amide bonds. The van der Waals surface area contributed by atoms with Gasteiger partial charge >= 0.3 is 0 Å². The van der Waals surface area contributed by atoms with Gasteiger partial charge in [-0.2, -0.15) is 0 Å². The Labute approximate surface area is 154 Å². The summed E-state index contributed by atoms with van der Waals surface area (Å²) < 4.78 is 0. The van der Waals surface area contributed by atoms with Crippen LogP contribution in [0.2, 0.25) is 0 Å². The predicted molar refractivity (Wildman–Crippen MR) is 98.4 cm³/mol. The standard InChI is InChI=1S/C18H24Cl3NO/c1-2-3-9-16(20)10-18(21)15(11-19)13-22(17(18)23)12-14-7-5-4-6-8-14/h4-8,15-16H,2-3,9-13H2,1H3/t15-,16?,18-/m0/s1. The Morgan fingerprint density at radius 1 is 1.35 bits per heavy atom. The molecule has 1 aliphatic heterocycles. The van der Waals surface area contributed by atoms with Gasteiger partial charge in [0, 0.05) is 30.3 Å². The van der Waals surface area contributed by atoms with Crippen molar-refractivity contribution in [1.82, 2.24) is 4.90 Å². The maximum atomic E-state index is 12.9. The van der Waals surface area contributed by atoms with E-state index < -0.39 is 4.87 Å². The maximum absolute atomic E-state index is 12.9. The Morgan fingerprint density at radius 2 is 2.04 bits per heavy atom. The Bertz CT molecular complexity index is 510. The lowest BCUT2D eigenvalue weighted by Gasteiger charge is -2.27. The second-order valence-electron chi connectivity index (χ2n) is 6.33. The maximum Gasteiger partial charge on any atom is 0.244 e. The molecule has 5 heteroatoms. The van der Waals surface area contributed by atoms with Crippen molar-refractivity contribution in [3.63, 3.8) is 0 Å². The average molecular weight is 377 g/mol. The van der Waals surface area contributed by atoms with Gasteiger partial charge in [-0.3, -0.25) is 4.79 Å². The van der Waals surface area contributed by atoms with E-state index in [1.165, 1.54) is 0 Å². The fourth-order valence-corrected chi connectivity index (χ4v) is 4.51. The third-order valence-electron chi connectivity index (χ3n) is 4.52. The Kier molecular flexibility index (Phi) is 7.06. The molecule has 0 saturated carbocycles. The van der Waals surface area contributed by atoms with Crippen LogP contribution in [-0.4, -0.2) is 33.5 Å². The Hall–Kier alpha value is -0.440. The van der Waals surface area contributed by atoms with Gasteiger partial charge in [0.15, 0.2) is 0 Å². The largest absolute Gasteiger partial charge is 0.336 e. The van der Waals surface area contributed by atoms with Crippen molar-refractivity contribution in [3.8, 4) is 0 Å². The molecule has 1 saturated heterocycles. The van der Waals surface area contributed by atoms with E-state index in [4.69, 9.17) is 34.8 Å². The minimum absolute atomic E-state index is 0.0316. The first-order valence-corrected chi connectivity index (χ1v) is 9.58. The zero-order chi connectivity index (χ0) is 16.9. The third-order valence-corrected chi connectivity index (χ3v) is 5.89. The van der Waals surface area contributed by atoms with Crippen LogP contribution in [0.5, 0.6) is 0 Å². The van der Waals surface area contributed by atoms with Crippen LogP contribution < -0.4 is 0 Å². The van der Waals surface area contributed by atoms with Crippen LogP contribution in [0, 0.1) is 5.92 Å². The first-order valence-electron chi connectivity index (χ1n) is 8.23. The van der Waals surface area contributed by atoms with Gasteiger partial charge in [-0.15, -0.1) is 34.8 Å². The van der Waals surface area contributed by atoms with Gasteiger partial charge < -0.3 is 4.90 Å². The molecule has 1 aromatic carbocycles. The minimum atomic E-state index is -0.962. The van der Waals surface area contributed by atoms with Crippen LogP contribution >= 0.6 is 34.8 Å². The molecule has 1 fully saturated rings. The molecule has 0 bridgehead atoms. The summed E-state index contributed by atoms with van der Waals surface area (Å²) in [5, 5.41) is -0.0845. The predicted octanol–water partition coefficient (Wildman–Crippen LogP) is 5.05. The summed E-state index contributed by atoms with van der Waals surface area (Å²) in [6.07, 6.45) is 3.51. The van der Waals surface area contributed by atoms with Crippen molar-refractivity contribution < 1.29 is 4.79 Å². The van der Waals surface area contributed by atoms with Crippen molar-refractivity contribution in [1.29, 1.82) is 0 Å².